The molecule has 0 heterocycles. The fourth-order valence-corrected chi connectivity index (χ4v) is 2.21. The Bertz CT molecular complexity index is 393. The first-order valence-electron chi connectivity index (χ1n) is 6.20. The van der Waals surface area contributed by atoms with Crippen molar-refractivity contribution in [2.24, 2.45) is 5.73 Å². The highest BCUT2D eigenvalue weighted by atomic mass is 32.2. The van der Waals surface area contributed by atoms with Crippen molar-refractivity contribution in [1.82, 2.24) is 0 Å². The zero-order chi connectivity index (χ0) is 13.5. The van der Waals surface area contributed by atoms with E-state index in [0.29, 0.717) is 12.3 Å². The molecule has 0 aliphatic carbocycles. The lowest BCUT2D eigenvalue weighted by Crippen LogP contribution is -2.36. The molecule has 0 saturated heterocycles. The molecule has 0 spiro atoms. The van der Waals surface area contributed by atoms with E-state index < -0.39 is 6.04 Å². The molecule has 1 amide bonds. The van der Waals surface area contributed by atoms with Gasteiger partial charge in [0, 0.05) is 5.69 Å². The van der Waals surface area contributed by atoms with Crippen molar-refractivity contribution in [3.63, 3.8) is 0 Å². The van der Waals surface area contributed by atoms with Crippen LogP contribution >= 0.6 is 11.8 Å². The third kappa shape index (κ3) is 4.35. The molecule has 18 heavy (non-hydrogen) atoms. The van der Waals surface area contributed by atoms with Gasteiger partial charge in [-0.05, 0) is 36.0 Å². The number of nitrogens with one attached hydrogen (secondary N) is 1. The largest absolute Gasteiger partial charge is 0.324 e. The van der Waals surface area contributed by atoms with E-state index in [9.17, 15) is 4.79 Å². The van der Waals surface area contributed by atoms with Crippen molar-refractivity contribution < 1.29 is 4.79 Å². The van der Waals surface area contributed by atoms with Crippen LogP contribution in [0.15, 0.2) is 24.3 Å². The summed E-state index contributed by atoms with van der Waals surface area (Å²) in [4.78, 5) is 11.9. The van der Waals surface area contributed by atoms with Crippen LogP contribution in [0.3, 0.4) is 0 Å². The van der Waals surface area contributed by atoms with Gasteiger partial charge in [0.15, 0.2) is 0 Å². The molecular weight excluding hydrogens is 244 g/mol. The Hall–Kier alpha value is -1.00. The third-order valence-electron chi connectivity index (χ3n) is 2.81. The van der Waals surface area contributed by atoms with Gasteiger partial charge < -0.3 is 11.1 Å². The number of hydrogen-bond acceptors (Lipinski definition) is 3. The van der Waals surface area contributed by atoms with Gasteiger partial charge >= 0.3 is 0 Å². The Morgan fingerprint density at radius 3 is 2.67 bits per heavy atom. The molecule has 0 aromatic heterocycles. The van der Waals surface area contributed by atoms with E-state index in [4.69, 9.17) is 5.73 Å². The van der Waals surface area contributed by atoms with Gasteiger partial charge in [-0.15, -0.1) is 0 Å². The number of carbonyl (C=O) groups is 1. The SMILES string of the molecule is CSCC[C@H](N)C(=O)Nc1ccccc1C(C)C. The molecular formula is C14H22N2OS. The fourth-order valence-electron chi connectivity index (χ4n) is 1.72. The number of benzene rings is 1. The van der Waals surface area contributed by atoms with Gasteiger partial charge in [0.2, 0.25) is 5.91 Å². The molecule has 1 aromatic carbocycles. The summed E-state index contributed by atoms with van der Waals surface area (Å²) >= 11 is 1.70. The maximum Gasteiger partial charge on any atom is 0.241 e. The van der Waals surface area contributed by atoms with E-state index >= 15 is 0 Å². The summed E-state index contributed by atoms with van der Waals surface area (Å²) in [6.45, 7) is 4.22. The zero-order valence-electron chi connectivity index (χ0n) is 11.3. The van der Waals surface area contributed by atoms with Crippen LogP contribution in [-0.2, 0) is 4.79 Å². The molecule has 0 unspecified atom stereocenters. The first-order valence-corrected chi connectivity index (χ1v) is 7.60. The van der Waals surface area contributed by atoms with Crippen LogP contribution in [-0.4, -0.2) is 24.0 Å². The molecule has 0 aliphatic heterocycles. The van der Waals surface area contributed by atoms with E-state index in [1.165, 1.54) is 0 Å². The molecule has 0 radical (unpaired) electrons. The Balaban J connectivity index is 2.69. The number of hydrogen-bond donors (Lipinski definition) is 2. The number of thioether (sulfide) groups is 1. The minimum absolute atomic E-state index is 0.0999. The highest BCUT2D eigenvalue weighted by molar-refractivity contribution is 7.98. The standard InChI is InChI=1S/C14H22N2OS/c1-10(2)11-6-4-5-7-13(11)16-14(17)12(15)8-9-18-3/h4-7,10,12H,8-9,15H2,1-3H3,(H,16,17)/t12-/m0/s1. The molecule has 0 aliphatic rings. The first-order chi connectivity index (χ1) is 8.56. The number of carbonyl (C=O) groups excluding carboxylic acids is 1. The molecule has 0 bridgehead atoms. The van der Waals surface area contributed by atoms with E-state index in [1.807, 2.05) is 30.5 Å². The summed E-state index contributed by atoms with van der Waals surface area (Å²) < 4.78 is 0. The maximum atomic E-state index is 11.9. The second kappa shape index (κ2) is 7.44. The van der Waals surface area contributed by atoms with Crippen molar-refractivity contribution in [3.8, 4) is 0 Å². The fraction of sp³-hybridized carbons (Fsp3) is 0.500. The van der Waals surface area contributed by atoms with E-state index in [-0.39, 0.29) is 5.91 Å². The zero-order valence-corrected chi connectivity index (χ0v) is 12.1. The second-order valence-electron chi connectivity index (χ2n) is 4.62. The van der Waals surface area contributed by atoms with E-state index in [0.717, 1.165) is 17.0 Å². The molecule has 0 fully saturated rings. The summed E-state index contributed by atoms with van der Waals surface area (Å²) in [7, 11) is 0. The number of amides is 1. The molecule has 1 aromatic rings. The predicted molar refractivity (Wildman–Crippen MR) is 80.1 cm³/mol. The van der Waals surface area contributed by atoms with Crippen molar-refractivity contribution >= 4 is 23.4 Å². The second-order valence-corrected chi connectivity index (χ2v) is 5.60. The number of anilines is 1. The average molecular weight is 266 g/mol. The molecule has 3 N–H and O–H groups in total. The minimum Gasteiger partial charge on any atom is -0.324 e. The molecule has 100 valence electrons. The lowest BCUT2D eigenvalue weighted by Gasteiger charge is -2.16. The van der Waals surface area contributed by atoms with Gasteiger partial charge in [0.25, 0.3) is 0 Å². The summed E-state index contributed by atoms with van der Waals surface area (Å²) in [5.41, 5.74) is 7.87. The minimum atomic E-state index is -0.433. The van der Waals surface area contributed by atoms with Gasteiger partial charge in [-0.2, -0.15) is 11.8 Å². The van der Waals surface area contributed by atoms with Crippen LogP contribution < -0.4 is 11.1 Å². The Kier molecular flexibility index (Phi) is 6.22. The number of para-hydroxylation sites is 1. The van der Waals surface area contributed by atoms with Crippen LogP contribution in [0.25, 0.3) is 0 Å². The Morgan fingerprint density at radius 2 is 2.06 bits per heavy atom. The Labute approximate surface area is 114 Å². The molecule has 4 heteroatoms. The predicted octanol–water partition coefficient (Wildman–Crippen LogP) is 2.83. The van der Waals surface area contributed by atoms with Crippen LogP contribution in [0.5, 0.6) is 0 Å². The van der Waals surface area contributed by atoms with Crippen molar-refractivity contribution in [1.29, 1.82) is 0 Å². The molecule has 1 atom stereocenters. The molecule has 3 nitrogen and oxygen atoms in total. The monoisotopic (exact) mass is 266 g/mol. The summed E-state index contributed by atoms with van der Waals surface area (Å²) in [6, 6.07) is 7.44. The summed E-state index contributed by atoms with van der Waals surface area (Å²) in [5.74, 6) is 1.18. The summed E-state index contributed by atoms with van der Waals surface area (Å²) in [6.07, 6.45) is 2.72. The number of rotatable bonds is 6. The Morgan fingerprint density at radius 1 is 1.39 bits per heavy atom. The highest BCUT2D eigenvalue weighted by Crippen LogP contribution is 2.23. The number of nitrogens with two attached hydrogens (primary N) is 1. The van der Waals surface area contributed by atoms with Gasteiger partial charge in [-0.25, -0.2) is 0 Å². The molecule has 0 saturated carbocycles. The van der Waals surface area contributed by atoms with Crippen LogP contribution in [0, 0.1) is 0 Å². The van der Waals surface area contributed by atoms with Crippen LogP contribution in [0.1, 0.15) is 31.7 Å². The van der Waals surface area contributed by atoms with Gasteiger partial charge in [-0.3, -0.25) is 4.79 Å². The average Bonchev–Trinajstić information content (AvgIpc) is 2.36. The van der Waals surface area contributed by atoms with Crippen molar-refractivity contribution in [2.75, 3.05) is 17.3 Å². The topological polar surface area (TPSA) is 55.1 Å². The van der Waals surface area contributed by atoms with Gasteiger partial charge in [0.05, 0.1) is 6.04 Å². The lowest BCUT2D eigenvalue weighted by molar-refractivity contribution is -0.117. The normalized spacial score (nSPS) is 12.5. The van der Waals surface area contributed by atoms with Crippen LogP contribution in [0.2, 0.25) is 0 Å². The maximum absolute atomic E-state index is 11.9. The van der Waals surface area contributed by atoms with Crippen LogP contribution in [0.4, 0.5) is 5.69 Å². The van der Waals surface area contributed by atoms with Gasteiger partial charge in [-0.1, -0.05) is 32.0 Å². The van der Waals surface area contributed by atoms with Gasteiger partial charge in [0.1, 0.15) is 0 Å². The first kappa shape index (κ1) is 15.1. The highest BCUT2D eigenvalue weighted by Gasteiger charge is 2.15. The smallest absolute Gasteiger partial charge is 0.241 e. The third-order valence-corrected chi connectivity index (χ3v) is 3.45. The summed E-state index contributed by atoms with van der Waals surface area (Å²) in [5, 5.41) is 2.93. The van der Waals surface area contributed by atoms with E-state index in [1.54, 1.807) is 11.8 Å². The molecule has 1 rings (SSSR count). The van der Waals surface area contributed by atoms with Crippen molar-refractivity contribution in [3.05, 3.63) is 29.8 Å². The quantitative estimate of drug-likeness (QED) is 0.832. The van der Waals surface area contributed by atoms with Crippen molar-refractivity contribution in [2.45, 2.75) is 32.2 Å². The van der Waals surface area contributed by atoms with E-state index in [2.05, 4.69) is 19.2 Å². The lowest BCUT2D eigenvalue weighted by atomic mass is 10.0.